The van der Waals surface area contributed by atoms with Crippen molar-refractivity contribution in [1.29, 1.82) is 0 Å². The van der Waals surface area contributed by atoms with E-state index in [2.05, 4.69) is 62.4 Å². The molecule has 0 aliphatic heterocycles. The third-order valence-electron chi connectivity index (χ3n) is 4.11. The zero-order chi connectivity index (χ0) is 13.3. The van der Waals surface area contributed by atoms with E-state index in [1.54, 1.807) is 0 Å². The largest absolute Gasteiger partial charge is 0.493 e. The van der Waals surface area contributed by atoms with Crippen molar-refractivity contribution in [2.75, 3.05) is 6.61 Å². The van der Waals surface area contributed by atoms with Gasteiger partial charge >= 0.3 is 0 Å². The van der Waals surface area contributed by atoms with Crippen molar-refractivity contribution in [2.45, 2.75) is 32.1 Å². The third kappa shape index (κ3) is 2.51. The molecule has 1 nitrogen and oxygen atoms in total. The Morgan fingerprint density at radius 2 is 1.63 bits per heavy atom. The molecule has 19 heavy (non-hydrogen) atoms. The van der Waals surface area contributed by atoms with E-state index in [-0.39, 0.29) is 5.41 Å². The topological polar surface area (TPSA) is 9.23 Å². The fourth-order valence-corrected chi connectivity index (χ4v) is 2.67. The summed E-state index contributed by atoms with van der Waals surface area (Å²) in [6.07, 6.45) is 2.48. The van der Waals surface area contributed by atoms with Crippen LogP contribution in [0, 0.1) is 13.8 Å². The van der Waals surface area contributed by atoms with Gasteiger partial charge in [-0.25, -0.2) is 0 Å². The molecule has 0 unspecified atom stereocenters. The summed E-state index contributed by atoms with van der Waals surface area (Å²) in [7, 11) is 0. The van der Waals surface area contributed by atoms with Crippen molar-refractivity contribution in [1.82, 2.24) is 0 Å². The van der Waals surface area contributed by atoms with E-state index in [1.807, 2.05) is 0 Å². The fourth-order valence-electron chi connectivity index (χ4n) is 2.67. The van der Waals surface area contributed by atoms with Gasteiger partial charge in [-0.05, 0) is 49.9 Å². The molecular weight excluding hydrogens is 232 g/mol. The maximum Gasteiger partial charge on any atom is 0.119 e. The van der Waals surface area contributed by atoms with Gasteiger partial charge < -0.3 is 4.74 Å². The summed E-state index contributed by atoms with van der Waals surface area (Å²) in [5, 5.41) is 0. The summed E-state index contributed by atoms with van der Waals surface area (Å²) in [5.74, 6) is 0.977. The number of hydrogen-bond donors (Lipinski definition) is 0. The van der Waals surface area contributed by atoms with Crippen LogP contribution in [0.2, 0.25) is 0 Å². The normalized spacial score (nSPS) is 16.1. The van der Waals surface area contributed by atoms with E-state index in [9.17, 15) is 0 Å². The monoisotopic (exact) mass is 252 g/mol. The molecule has 3 rings (SSSR count). The first kappa shape index (κ1) is 12.3. The molecule has 1 aliphatic rings. The lowest BCUT2D eigenvalue weighted by molar-refractivity contribution is 0.277. The molecule has 0 heterocycles. The van der Waals surface area contributed by atoms with Crippen LogP contribution in [0.3, 0.4) is 0 Å². The van der Waals surface area contributed by atoms with E-state index >= 15 is 0 Å². The van der Waals surface area contributed by atoms with Gasteiger partial charge in [-0.2, -0.15) is 0 Å². The van der Waals surface area contributed by atoms with Crippen LogP contribution < -0.4 is 4.74 Å². The molecule has 98 valence electrons. The summed E-state index contributed by atoms with van der Waals surface area (Å²) in [4.78, 5) is 0. The maximum absolute atomic E-state index is 6.00. The van der Waals surface area contributed by atoms with E-state index in [1.165, 1.54) is 29.5 Å². The van der Waals surface area contributed by atoms with Gasteiger partial charge in [-0.1, -0.05) is 42.0 Å². The lowest BCUT2D eigenvalue weighted by Crippen LogP contribution is -2.18. The van der Waals surface area contributed by atoms with Gasteiger partial charge in [0.25, 0.3) is 0 Å². The average Bonchev–Trinajstić information content (AvgIpc) is 3.20. The third-order valence-corrected chi connectivity index (χ3v) is 4.11. The first-order chi connectivity index (χ1) is 9.20. The standard InChI is InChI=1S/C18H20O/c1-14-7-9-16(10-8-14)19-13-18(11-12-18)17-6-4-3-5-15(17)2/h3-10H,11-13H2,1-2H3. The smallest absolute Gasteiger partial charge is 0.119 e. The van der Waals surface area contributed by atoms with Crippen LogP contribution in [0.1, 0.15) is 29.5 Å². The highest BCUT2D eigenvalue weighted by Gasteiger charge is 2.45. The van der Waals surface area contributed by atoms with Crippen LogP contribution in [-0.4, -0.2) is 6.61 Å². The van der Waals surface area contributed by atoms with Crippen molar-refractivity contribution < 1.29 is 4.74 Å². The van der Waals surface area contributed by atoms with Crippen molar-refractivity contribution >= 4 is 0 Å². The average molecular weight is 252 g/mol. The van der Waals surface area contributed by atoms with Crippen LogP contribution in [0.5, 0.6) is 5.75 Å². The Hall–Kier alpha value is -1.76. The molecule has 0 spiro atoms. The first-order valence-corrected chi connectivity index (χ1v) is 6.95. The van der Waals surface area contributed by atoms with Crippen LogP contribution in [0.15, 0.2) is 48.5 Å². The zero-order valence-corrected chi connectivity index (χ0v) is 11.6. The van der Waals surface area contributed by atoms with E-state index in [0.717, 1.165) is 12.4 Å². The molecule has 0 N–H and O–H groups in total. The summed E-state index contributed by atoms with van der Waals surface area (Å²) < 4.78 is 6.00. The lowest BCUT2D eigenvalue weighted by Gasteiger charge is -2.19. The minimum absolute atomic E-state index is 0.260. The van der Waals surface area contributed by atoms with E-state index in [4.69, 9.17) is 4.74 Å². The van der Waals surface area contributed by atoms with Gasteiger partial charge in [0.05, 0.1) is 6.61 Å². The number of aryl methyl sites for hydroxylation is 2. The second-order valence-corrected chi connectivity index (χ2v) is 5.70. The van der Waals surface area contributed by atoms with Crippen molar-refractivity contribution in [3.8, 4) is 5.75 Å². The molecule has 0 aromatic heterocycles. The molecule has 2 aromatic rings. The highest BCUT2D eigenvalue weighted by molar-refractivity contribution is 5.38. The van der Waals surface area contributed by atoms with Crippen LogP contribution in [0.25, 0.3) is 0 Å². The molecule has 0 bridgehead atoms. The van der Waals surface area contributed by atoms with Crippen molar-refractivity contribution in [3.05, 3.63) is 65.2 Å². The SMILES string of the molecule is Cc1ccc(OCC2(c3ccccc3C)CC2)cc1. The summed E-state index contributed by atoms with van der Waals surface area (Å²) in [6.45, 7) is 5.09. The number of hydrogen-bond acceptors (Lipinski definition) is 1. The highest BCUT2D eigenvalue weighted by Crippen LogP contribution is 2.49. The minimum Gasteiger partial charge on any atom is -0.493 e. The first-order valence-electron chi connectivity index (χ1n) is 6.95. The molecule has 0 atom stereocenters. The van der Waals surface area contributed by atoms with Gasteiger partial charge in [-0.3, -0.25) is 0 Å². The zero-order valence-electron chi connectivity index (χ0n) is 11.6. The lowest BCUT2D eigenvalue weighted by atomic mass is 9.93. The number of benzene rings is 2. The quantitative estimate of drug-likeness (QED) is 0.783. The fraction of sp³-hybridized carbons (Fsp3) is 0.333. The predicted octanol–water partition coefficient (Wildman–Crippen LogP) is 4.41. The predicted molar refractivity (Wildman–Crippen MR) is 78.8 cm³/mol. The van der Waals surface area contributed by atoms with Crippen LogP contribution >= 0.6 is 0 Å². The maximum atomic E-state index is 6.00. The summed E-state index contributed by atoms with van der Waals surface area (Å²) >= 11 is 0. The molecule has 2 aromatic carbocycles. The van der Waals surface area contributed by atoms with E-state index in [0.29, 0.717) is 0 Å². The summed E-state index contributed by atoms with van der Waals surface area (Å²) in [6, 6.07) is 17.0. The minimum atomic E-state index is 0.260. The van der Waals surface area contributed by atoms with E-state index < -0.39 is 0 Å². The van der Waals surface area contributed by atoms with Crippen molar-refractivity contribution in [2.24, 2.45) is 0 Å². The Morgan fingerprint density at radius 3 is 2.26 bits per heavy atom. The van der Waals surface area contributed by atoms with Crippen molar-refractivity contribution in [3.63, 3.8) is 0 Å². The van der Waals surface area contributed by atoms with Gasteiger partial charge in [0, 0.05) is 5.41 Å². The van der Waals surface area contributed by atoms with Gasteiger partial charge in [0.1, 0.15) is 5.75 Å². The highest BCUT2D eigenvalue weighted by atomic mass is 16.5. The van der Waals surface area contributed by atoms with Crippen LogP contribution in [-0.2, 0) is 5.41 Å². The molecule has 0 radical (unpaired) electrons. The molecular formula is C18H20O. The second-order valence-electron chi connectivity index (χ2n) is 5.70. The Kier molecular flexibility index (Phi) is 3.06. The molecule has 1 fully saturated rings. The molecule has 0 amide bonds. The number of rotatable bonds is 4. The Balaban J connectivity index is 1.73. The van der Waals surface area contributed by atoms with Gasteiger partial charge in [0.15, 0.2) is 0 Å². The van der Waals surface area contributed by atoms with Crippen LogP contribution in [0.4, 0.5) is 0 Å². The molecule has 0 saturated heterocycles. The van der Waals surface area contributed by atoms with Gasteiger partial charge in [0.2, 0.25) is 0 Å². The molecule has 1 heteroatoms. The number of ether oxygens (including phenoxy) is 1. The van der Waals surface area contributed by atoms with Gasteiger partial charge in [-0.15, -0.1) is 0 Å². The Bertz CT molecular complexity index is 564. The second kappa shape index (κ2) is 4.73. The molecule has 1 saturated carbocycles. The molecule has 1 aliphatic carbocycles. The summed E-state index contributed by atoms with van der Waals surface area (Å²) in [5.41, 5.74) is 4.37. The Labute approximate surface area is 115 Å². The Morgan fingerprint density at radius 1 is 0.947 bits per heavy atom.